The zero-order valence-corrected chi connectivity index (χ0v) is 15.6. The Morgan fingerprint density at radius 1 is 1.12 bits per heavy atom. The summed E-state index contributed by atoms with van der Waals surface area (Å²) in [6, 6.07) is 3.37. The summed E-state index contributed by atoms with van der Waals surface area (Å²) in [4.78, 5) is 18.4. The van der Waals surface area contributed by atoms with Gasteiger partial charge in [-0.2, -0.15) is 0 Å². The number of amides is 1. The lowest BCUT2D eigenvalue weighted by Crippen LogP contribution is -2.45. The molecule has 1 aliphatic heterocycles. The molecular weight excluding hydrogens is 354 g/mol. The van der Waals surface area contributed by atoms with Crippen LogP contribution in [0.25, 0.3) is 0 Å². The fraction of sp³-hybridized carbons (Fsp3) is 0.667. The molecule has 142 valence electrons. The van der Waals surface area contributed by atoms with E-state index in [1.807, 2.05) is 4.90 Å². The van der Waals surface area contributed by atoms with E-state index in [0.29, 0.717) is 17.5 Å². The smallest absolute Gasteiger partial charge is 0.235 e. The molecule has 1 saturated heterocycles. The topological polar surface area (TPSA) is 88.6 Å². The summed E-state index contributed by atoms with van der Waals surface area (Å²) >= 11 is 0. The molecule has 0 spiro atoms. The highest BCUT2D eigenvalue weighted by molar-refractivity contribution is 7.93. The number of carbonyl (C=O) groups excluding carboxylic acids is 1. The average Bonchev–Trinajstić information content (AvgIpc) is 3.41. The number of sulfonamides is 1. The Kier molecular flexibility index (Phi) is 4.77. The van der Waals surface area contributed by atoms with Gasteiger partial charge in [0.15, 0.2) is 0 Å². The number of carbonyl (C=O) groups is 1. The van der Waals surface area contributed by atoms with Crippen LogP contribution < -0.4 is 9.46 Å². The lowest BCUT2D eigenvalue weighted by Gasteiger charge is -2.36. The Balaban J connectivity index is 1.26. The molecule has 3 fully saturated rings. The third-order valence-corrected chi connectivity index (χ3v) is 7.32. The minimum atomic E-state index is -3.27. The predicted octanol–water partition coefficient (Wildman–Crippen LogP) is 2.16. The molecule has 1 aromatic rings. The number of aromatic nitrogens is 1. The lowest BCUT2D eigenvalue weighted by atomic mass is 9.84. The van der Waals surface area contributed by atoms with Crippen molar-refractivity contribution in [3.8, 4) is 5.88 Å². The minimum absolute atomic E-state index is 0.0435. The molecule has 7 nitrogen and oxygen atoms in total. The van der Waals surface area contributed by atoms with Gasteiger partial charge in [0.05, 0.1) is 17.1 Å². The van der Waals surface area contributed by atoms with Gasteiger partial charge in [-0.1, -0.05) is 6.42 Å². The van der Waals surface area contributed by atoms with E-state index in [0.717, 1.165) is 51.6 Å². The average molecular weight is 379 g/mol. The number of piperidine rings is 1. The van der Waals surface area contributed by atoms with Crippen molar-refractivity contribution in [1.82, 2.24) is 9.88 Å². The molecule has 1 aromatic heterocycles. The Bertz CT molecular complexity index is 749. The number of likely N-dealkylation sites (tertiary alicyclic amines) is 1. The fourth-order valence-corrected chi connectivity index (χ4v) is 4.79. The summed E-state index contributed by atoms with van der Waals surface area (Å²) in [6.07, 6.45) is 7.84. The number of nitrogens with zero attached hydrogens (tertiary/aromatic N) is 2. The molecule has 4 rings (SSSR count). The number of rotatable bonds is 6. The first-order chi connectivity index (χ1) is 12.5. The van der Waals surface area contributed by atoms with E-state index in [9.17, 15) is 13.2 Å². The van der Waals surface area contributed by atoms with Crippen molar-refractivity contribution in [2.24, 2.45) is 5.92 Å². The zero-order chi connectivity index (χ0) is 18.1. The van der Waals surface area contributed by atoms with Gasteiger partial charge < -0.3 is 9.64 Å². The summed E-state index contributed by atoms with van der Waals surface area (Å²) in [5, 5.41) is -0.258. The molecule has 3 aliphatic rings. The lowest BCUT2D eigenvalue weighted by molar-refractivity contribution is -0.140. The normalized spacial score (nSPS) is 21.9. The molecule has 2 heterocycles. The highest BCUT2D eigenvalue weighted by Gasteiger charge is 2.36. The van der Waals surface area contributed by atoms with Crippen molar-refractivity contribution < 1.29 is 17.9 Å². The number of hydrogen-bond donors (Lipinski definition) is 1. The van der Waals surface area contributed by atoms with Crippen LogP contribution in [0.3, 0.4) is 0 Å². The number of ether oxygens (including phenoxy) is 1. The Morgan fingerprint density at radius 2 is 1.85 bits per heavy atom. The van der Waals surface area contributed by atoms with Crippen LogP contribution in [0.4, 0.5) is 5.69 Å². The number of hydrogen-bond acceptors (Lipinski definition) is 5. The van der Waals surface area contributed by atoms with Crippen LogP contribution >= 0.6 is 0 Å². The van der Waals surface area contributed by atoms with E-state index in [1.54, 1.807) is 12.1 Å². The molecule has 1 amide bonds. The van der Waals surface area contributed by atoms with Gasteiger partial charge in [-0.15, -0.1) is 0 Å². The molecule has 2 saturated carbocycles. The quantitative estimate of drug-likeness (QED) is 0.818. The Morgan fingerprint density at radius 3 is 2.38 bits per heavy atom. The second-order valence-electron chi connectivity index (χ2n) is 7.50. The van der Waals surface area contributed by atoms with Crippen molar-refractivity contribution >= 4 is 21.6 Å². The number of pyridine rings is 1. The van der Waals surface area contributed by atoms with Crippen LogP contribution in [-0.2, 0) is 14.8 Å². The van der Waals surface area contributed by atoms with Crippen LogP contribution in [0.1, 0.15) is 44.9 Å². The molecule has 2 aliphatic carbocycles. The summed E-state index contributed by atoms with van der Waals surface area (Å²) in [7, 11) is -3.27. The van der Waals surface area contributed by atoms with E-state index in [2.05, 4.69) is 9.71 Å². The van der Waals surface area contributed by atoms with Crippen LogP contribution in [0, 0.1) is 5.92 Å². The summed E-state index contributed by atoms with van der Waals surface area (Å²) < 4.78 is 32.3. The molecule has 0 radical (unpaired) electrons. The molecule has 0 aromatic carbocycles. The van der Waals surface area contributed by atoms with Crippen LogP contribution in [-0.4, -0.2) is 48.7 Å². The van der Waals surface area contributed by atoms with Crippen LogP contribution in [0.15, 0.2) is 18.3 Å². The van der Waals surface area contributed by atoms with Gasteiger partial charge in [0, 0.05) is 37.9 Å². The first kappa shape index (κ1) is 17.6. The Hall–Kier alpha value is -1.83. The molecule has 8 heteroatoms. The second-order valence-corrected chi connectivity index (χ2v) is 9.46. The van der Waals surface area contributed by atoms with E-state index in [-0.39, 0.29) is 17.3 Å². The first-order valence-electron chi connectivity index (χ1n) is 9.44. The van der Waals surface area contributed by atoms with Gasteiger partial charge in [0.25, 0.3) is 0 Å². The van der Waals surface area contributed by atoms with Gasteiger partial charge in [0.1, 0.15) is 6.10 Å². The molecular formula is C18H25N3O4S. The summed E-state index contributed by atoms with van der Waals surface area (Å²) in [5.41, 5.74) is 0.463. The van der Waals surface area contributed by atoms with Crippen molar-refractivity contribution in [2.45, 2.75) is 56.3 Å². The molecule has 1 N–H and O–H groups in total. The zero-order valence-electron chi connectivity index (χ0n) is 14.8. The van der Waals surface area contributed by atoms with E-state index in [1.165, 1.54) is 12.6 Å². The van der Waals surface area contributed by atoms with E-state index in [4.69, 9.17) is 4.74 Å². The third kappa shape index (κ3) is 3.95. The first-order valence-corrected chi connectivity index (χ1v) is 11.0. The number of nitrogens with one attached hydrogen (secondary N) is 1. The predicted molar refractivity (Wildman–Crippen MR) is 97.4 cm³/mol. The maximum absolute atomic E-state index is 12.3. The highest BCUT2D eigenvalue weighted by Crippen LogP contribution is 2.31. The van der Waals surface area contributed by atoms with Gasteiger partial charge in [0.2, 0.25) is 21.8 Å². The van der Waals surface area contributed by atoms with Crippen LogP contribution in [0.5, 0.6) is 5.88 Å². The second kappa shape index (κ2) is 7.06. The summed E-state index contributed by atoms with van der Waals surface area (Å²) in [6.45, 7) is 1.47. The third-order valence-electron chi connectivity index (χ3n) is 5.46. The van der Waals surface area contributed by atoms with E-state index < -0.39 is 10.0 Å². The number of anilines is 1. The molecule has 0 unspecified atom stereocenters. The maximum atomic E-state index is 12.3. The Labute approximate surface area is 154 Å². The van der Waals surface area contributed by atoms with Crippen molar-refractivity contribution in [1.29, 1.82) is 0 Å². The summed E-state index contributed by atoms with van der Waals surface area (Å²) in [5.74, 6) is 1.05. The molecule has 0 atom stereocenters. The standard InChI is InChI=1S/C18H25N3O4S/c22-18(13-2-1-3-13)21-10-8-15(9-11-21)25-17-7-4-14(12-19-17)20-26(23,24)16-5-6-16/h4,7,12-13,15-16,20H,1-3,5-6,8-11H2. The van der Waals surface area contributed by atoms with Crippen molar-refractivity contribution in [3.05, 3.63) is 18.3 Å². The fourth-order valence-electron chi connectivity index (χ4n) is 3.41. The van der Waals surface area contributed by atoms with Crippen LogP contribution in [0.2, 0.25) is 0 Å². The molecule has 0 bridgehead atoms. The van der Waals surface area contributed by atoms with Crippen molar-refractivity contribution in [2.75, 3.05) is 17.8 Å². The van der Waals surface area contributed by atoms with Crippen molar-refractivity contribution in [3.63, 3.8) is 0 Å². The van der Waals surface area contributed by atoms with Gasteiger partial charge in [-0.3, -0.25) is 9.52 Å². The minimum Gasteiger partial charge on any atom is -0.474 e. The van der Waals surface area contributed by atoms with Gasteiger partial charge >= 0.3 is 0 Å². The SMILES string of the molecule is O=C(C1CCC1)N1CCC(Oc2ccc(NS(=O)(=O)C3CC3)cn2)CC1. The van der Waals surface area contributed by atoms with Gasteiger partial charge in [-0.05, 0) is 31.7 Å². The highest BCUT2D eigenvalue weighted by atomic mass is 32.2. The monoisotopic (exact) mass is 379 g/mol. The van der Waals surface area contributed by atoms with E-state index >= 15 is 0 Å². The largest absolute Gasteiger partial charge is 0.474 e. The van der Waals surface area contributed by atoms with Gasteiger partial charge in [-0.25, -0.2) is 13.4 Å². The molecule has 26 heavy (non-hydrogen) atoms. The maximum Gasteiger partial charge on any atom is 0.235 e.